The molecule has 0 spiro atoms. The van der Waals surface area contributed by atoms with Crippen molar-refractivity contribution in [3.8, 4) is 0 Å². The van der Waals surface area contributed by atoms with Crippen LogP contribution in [0.4, 0.5) is 11.4 Å². The van der Waals surface area contributed by atoms with Crippen molar-refractivity contribution in [1.29, 1.82) is 0 Å². The zero-order chi connectivity index (χ0) is 15.4. The molecule has 0 aliphatic carbocycles. The average molecular weight is 284 g/mol. The topological polar surface area (TPSA) is 52.6 Å². The summed E-state index contributed by atoms with van der Waals surface area (Å²) in [6.45, 7) is 2.55. The number of hydrogen-bond donors (Lipinski definition) is 2. The minimum absolute atomic E-state index is 0.338. The van der Waals surface area contributed by atoms with Crippen molar-refractivity contribution in [2.45, 2.75) is 13.5 Å². The summed E-state index contributed by atoms with van der Waals surface area (Å²) in [6.07, 6.45) is 0. The molecule has 0 aromatic heterocycles. The first-order valence-electron chi connectivity index (χ1n) is 6.82. The lowest BCUT2D eigenvalue weighted by molar-refractivity contribution is 0.0696. The zero-order valence-corrected chi connectivity index (χ0v) is 12.6. The number of aromatic carboxylic acids is 1. The highest BCUT2D eigenvalue weighted by atomic mass is 16.4. The third-order valence-electron chi connectivity index (χ3n) is 3.42. The molecule has 0 radical (unpaired) electrons. The summed E-state index contributed by atoms with van der Waals surface area (Å²) < 4.78 is 0. The zero-order valence-electron chi connectivity index (χ0n) is 12.6. The predicted octanol–water partition coefficient (Wildman–Crippen LogP) is 3.37. The molecule has 0 fully saturated rings. The van der Waals surface area contributed by atoms with E-state index in [1.165, 1.54) is 5.56 Å². The molecule has 0 bridgehead atoms. The van der Waals surface area contributed by atoms with Gasteiger partial charge in [-0.15, -0.1) is 0 Å². The molecule has 110 valence electrons. The second kappa shape index (κ2) is 6.31. The highest BCUT2D eigenvalue weighted by molar-refractivity contribution is 5.89. The van der Waals surface area contributed by atoms with Gasteiger partial charge in [0.15, 0.2) is 0 Å². The Labute approximate surface area is 125 Å². The number of benzene rings is 2. The van der Waals surface area contributed by atoms with Gasteiger partial charge >= 0.3 is 5.97 Å². The number of nitrogens with one attached hydrogen (secondary N) is 1. The molecule has 0 aliphatic rings. The Morgan fingerprint density at radius 2 is 1.90 bits per heavy atom. The van der Waals surface area contributed by atoms with Crippen molar-refractivity contribution >= 4 is 17.3 Å². The Kier molecular flexibility index (Phi) is 4.48. The van der Waals surface area contributed by atoms with E-state index in [9.17, 15) is 9.90 Å². The normalized spacial score (nSPS) is 10.2. The second-order valence-corrected chi connectivity index (χ2v) is 5.21. The van der Waals surface area contributed by atoms with E-state index in [4.69, 9.17) is 0 Å². The molecule has 0 amide bonds. The van der Waals surface area contributed by atoms with Crippen molar-refractivity contribution in [3.63, 3.8) is 0 Å². The molecule has 0 atom stereocenters. The maximum atomic E-state index is 11.2. The van der Waals surface area contributed by atoms with Crippen LogP contribution in [0.1, 0.15) is 21.5 Å². The molecule has 2 rings (SSSR count). The highest BCUT2D eigenvalue weighted by Crippen LogP contribution is 2.23. The standard InChI is InChI=1S/C17H20N2O2/c1-12-8-9-14(10-16(12)19(2)3)18-11-13-6-4-5-7-15(13)17(20)21/h4-10,18H,11H2,1-3H3,(H,20,21). The summed E-state index contributed by atoms with van der Waals surface area (Å²) in [6, 6.07) is 13.2. The maximum Gasteiger partial charge on any atom is 0.336 e. The summed E-state index contributed by atoms with van der Waals surface area (Å²) >= 11 is 0. The summed E-state index contributed by atoms with van der Waals surface area (Å²) in [5.74, 6) is -0.898. The molecule has 0 heterocycles. The van der Waals surface area contributed by atoms with E-state index in [0.717, 1.165) is 16.9 Å². The Bertz CT molecular complexity index is 651. The van der Waals surface area contributed by atoms with Gasteiger partial charge in [-0.1, -0.05) is 24.3 Å². The van der Waals surface area contributed by atoms with Crippen LogP contribution in [0.15, 0.2) is 42.5 Å². The van der Waals surface area contributed by atoms with Gasteiger partial charge in [-0.05, 0) is 36.2 Å². The Morgan fingerprint density at radius 1 is 1.19 bits per heavy atom. The summed E-state index contributed by atoms with van der Waals surface area (Å²) in [5, 5.41) is 12.5. The van der Waals surface area contributed by atoms with Crippen LogP contribution in [-0.2, 0) is 6.54 Å². The first kappa shape index (κ1) is 14.9. The van der Waals surface area contributed by atoms with Gasteiger partial charge in [0.05, 0.1) is 5.56 Å². The fraction of sp³-hybridized carbons (Fsp3) is 0.235. The second-order valence-electron chi connectivity index (χ2n) is 5.21. The van der Waals surface area contributed by atoms with Crippen molar-refractivity contribution in [3.05, 3.63) is 59.2 Å². The van der Waals surface area contributed by atoms with Crippen LogP contribution < -0.4 is 10.2 Å². The molecule has 0 saturated heterocycles. The molecule has 2 aromatic rings. The molecule has 21 heavy (non-hydrogen) atoms. The van der Waals surface area contributed by atoms with Gasteiger partial charge < -0.3 is 15.3 Å². The number of carbonyl (C=O) groups is 1. The van der Waals surface area contributed by atoms with Gasteiger partial charge in [0.25, 0.3) is 0 Å². The number of carboxylic acid groups (broad SMARTS) is 1. The Hall–Kier alpha value is -2.49. The third-order valence-corrected chi connectivity index (χ3v) is 3.42. The summed E-state index contributed by atoms with van der Waals surface area (Å²) in [4.78, 5) is 13.2. The Balaban J connectivity index is 2.17. The monoisotopic (exact) mass is 284 g/mol. The number of nitrogens with zero attached hydrogens (tertiary/aromatic N) is 1. The molecule has 2 aromatic carbocycles. The fourth-order valence-electron chi connectivity index (χ4n) is 2.28. The van der Waals surface area contributed by atoms with Gasteiger partial charge in [-0.2, -0.15) is 0 Å². The van der Waals surface area contributed by atoms with Crippen molar-refractivity contribution < 1.29 is 9.90 Å². The molecule has 4 heteroatoms. The highest BCUT2D eigenvalue weighted by Gasteiger charge is 2.09. The van der Waals surface area contributed by atoms with Gasteiger partial charge in [0, 0.05) is 32.0 Å². The molecule has 2 N–H and O–H groups in total. The molecule has 0 saturated carbocycles. The molecular weight excluding hydrogens is 264 g/mol. The fourth-order valence-corrected chi connectivity index (χ4v) is 2.28. The predicted molar refractivity (Wildman–Crippen MR) is 86.2 cm³/mol. The SMILES string of the molecule is Cc1ccc(NCc2ccccc2C(=O)O)cc1N(C)C. The summed E-state index contributed by atoms with van der Waals surface area (Å²) in [7, 11) is 4.01. The van der Waals surface area contributed by atoms with Crippen LogP contribution in [0.25, 0.3) is 0 Å². The maximum absolute atomic E-state index is 11.2. The molecule has 4 nitrogen and oxygen atoms in total. The van der Waals surface area contributed by atoms with Crippen LogP contribution in [-0.4, -0.2) is 25.2 Å². The Morgan fingerprint density at radius 3 is 2.57 bits per heavy atom. The van der Waals surface area contributed by atoms with Crippen LogP contribution >= 0.6 is 0 Å². The first-order valence-corrected chi connectivity index (χ1v) is 6.82. The van der Waals surface area contributed by atoms with Gasteiger partial charge in [0.1, 0.15) is 0 Å². The molecule has 0 unspecified atom stereocenters. The van der Waals surface area contributed by atoms with Gasteiger partial charge in [-0.3, -0.25) is 0 Å². The number of rotatable bonds is 5. The van der Waals surface area contributed by atoms with Gasteiger partial charge in [-0.25, -0.2) is 4.79 Å². The number of anilines is 2. The van der Waals surface area contributed by atoms with E-state index in [-0.39, 0.29) is 0 Å². The minimum atomic E-state index is -0.898. The van der Waals surface area contributed by atoms with E-state index in [0.29, 0.717) is 12.1 Å². The first-order chi connectivity index (χ1) is 9.99. The van der Waals surface area contributed by atoms with E-state index in [1.807, 2.05) is 32.3 Å². The van der Waals surface area contributed by atoms with Crippen LogP contribution in [0.5, 0.6) is 0 Å². The van der Waals surface area contributed by atoms with Gasteiger partial charge in [0.2, 0.25) is 0 Å². The quantitative estimate of drug-likeness (QED) is 0.884. The van der Waals surface area contributed by atoms with E-state index < -0.39 is 5.97 Å². The lowest BCUT2D eigenvalue weighted by Gasteiger charge is -2.17. The lowest BCUT2D eigenvalue weighted by Crippen LogP contribution is -2.11. The largest absolute Gasteiger partial charge is 0.478 e. The van der Waals surface area contributed by atoms with E-state index in [1.54, 1.807) is 12.1 Å². The lowest BCUT2D eigenvalue weighted by atomic mass is 10.1. The van der Waals surface area contributed by atoms with Crippen molar-refractivity contribution in [2.24, 2.45) is 0 Å². The van der Waals surface area contributed by atoms with E-state index >= 15 is 0 Å². The molecular formula is C17H20N2O2. The molecule has 0 aliphatic heterocycles. The average Bonchev–Trinajstić information content (AvgIpc) is 2.46. The third kappa shape index (κ3) is 3.54. The van der Waals surface area contributed by atoms with Crippen LogP contribution in [0, 0.1) is 6.92 Å². The van der Waals surface area contributed by atoms with Crippen molar-refractivity contribution in [1.82, 2.24) is 0 Å². The number of hydrogen-bond acceptors (Lipinski definition) is 3. The van der Waals surface area contributed by atoms with Crippen LogP contribution in [0.2, 0.25) is 0 Å². The van der Waals surface area contributed by atoms with Crippen molar-refractivity contribution in [2.75, 3.05) is 24.3 Å². The number of aryl methyl sites for hydroxylation is 1. The smallest absolute Gasteiger partial charge is 0.336 e. The minimum Gasteiger partial charge on any atom is -0.478 e. The van der Waals surface area contributed by atoms with E-state index in [2.05, 4.69) is 29.3 Å². The van der Waals surface area contributed by atoms with Crippen LogP contribution in [0.3, 0.4) is 0 Å². The number of carboxylic acids is 1. The summed E-state index contributed by atoms with van der Waals surface area (Å²) in [5.41, 5.74) is 4.44.